The summed E-state index contributed by atoms with van der Waals surface area (Å²) < 4.78 is 5.74. The Bertz CT molecular complexity index is 398. The van der Waals surface area contributed by atoms with Crippen molar-refractivity contribution in [2.75, 3.05) is 32.0 Å². The highest BCUT2D eigenvalue weighted by atomic mass is 16.5. The fraction of sp³-hybridized carbons (Fsp3) is 0.647. The number of anilines is 1. The van der Waals surface area contributed by atoms with E-state index in [2.05, 4.69) is 18.7 Å². The molecule has 0 spiro atoms. The molecular weight excluding hydrogens is 248 g/mol. The lowest BCUT2D eigenvalue weighted by Crippen LogP contribution is -2.36. The minimum Gasteiger partial charge on any atom is -0.491 e. The average Bonchev–Trinajstić information content (AvgIpc) is 2.46. The Labute approximate surface area is 123 Å². The van der Waals surface area contributed by atoms with Gasteiger partial charge in [-0.05, 0) is 56.3 Å². The molecule has 0 bridgehead atoms. The second-order valence-electron chi connectivity index (χ2n) is 6.16. The van der Waals surface area contributed by atoms with E-state index in [0.717, 1.165) is 42.8 Å². The summed E-state index contributed by atoms with van der Waals surface area (Å²) in [6.45, 7) is 9.07. The molecule has 0 aromatic heterocycles. The van der Waals surface area contributed by atoms with Crippen LogP contribution in [0.5, 0.6) is 5.75 Å². The fourth-order valence-corrected chi connectivity index (χ4v) is 2.93. The number of ether oxygens (including phenoxy) is 1. The van der Waals surface area contributed by atoms with Gasteiger partial charge in [0.25, 0.3) is 0 Å². The second kappa shape index (κ2) is 7.53. The Hall–Kier alpha value is -1.22. The van der Waals surface area contributed by atoms with E-state index in [0.29, 0.717) is 0 Å². The summed E-state index contributed by atoms with van der Waals surface area (Å²) in [6, 6.07) is 7.71. The molecule has 0 saturated carbocycles. The van der Waals surface area contributed by atoms with Gasteiger partial charge < -0.3 is 15.4 Å². The van der Waals surface area contributed by atoms with E-state index in [1.807, 2.05) is 24.3 Å². The van der Waals surface area contributed by atoms with Gasteiger partial charge in [0.1, 0.15) is 5.75 Å². The van der Waals surface area contributed by atoms with Crippen LogP contribution in [-0.4, -0.2) is 31.1 Å². The van der Waals surface area contributed by atoms with Gasteiger partial charge in [-0.2, -0.15) is 0 Å². The Morgan fingerprint density at radius 2 is 1.95 bits per heavy atom. The van der Waals surface area contributed by atoms with Crippen LogP contribution in [0.2, 0.25) is 0 Å². The molecule has 1 saturated heterocycles. The molecule has 20 heavy (non-hydrogen) atoms. The number of hydrogen-bond acceptors (Lipinski definition) is 3. The molecule has 1 aliphatic heterocycles. The molecule has 0 radical (unpaired) electrons. The molecule has 1 aromatic rings. The average molecular weight is 276 g/mol. The maximum Gasteiger partial charge on any atom is 0.142 e. The molecule has 1 aromatic carbocycles. The zero-order chi connectivity index (χ0) is 14.4. The van der Waals surface area contributed by atoms with E-state index in [4.69, 9.17) is 10.5 Å². The molecule has 112 valence electrons. The first kappa shape index (κ1) is 15.2. The molecule has 1 heterocycles. The van der Waals surface area contributed by atoms with Crippen molar-refractivity contribution in [3.8, 4) is 5.75 Å². The van der Waals surface area contributed by atoms with E-state index in [-0.39, 0.29) is 0 Å². The third-order valence-electron chi connectivity index (χ3n) is 4.37. The second-order valence-corrected chi connectivity index (χ2v) is 6.16. The van der Waals surface area contributed by atoms with Crippen LogP contribution in [-0.2, 0) is 0 Å². The van der Waals surface area contributed by atoms with Crippen LogP contribution in [0.3, 0.4) is 0 Å². The summed E-state index contributed by atoms with van der Waals surface area (Å²) in [7, 11) is 0. The maximum absolute atomic E-state index is 5.85. The molecule has 2 rings (SSSR count). The number of para-hydroxylation sites is 2. The highest BCUT2D eigenvalue weighted by Gasteiger charge is 2.20. The smallest absolute Gasteiger partial charge is 0.142 e. The van der Waals surface area contributed by atoms with E-state index in [1.54, 1.807) is 0 Å². The Morgan fingerprint density at radius 1 is 1.25 bits per heavy atom. The predicted octanol–water partition coefficient (Wildman–Crippen LogP) is 3.41. The minimum atomic E-state index is 0.727. The van der Waals surface area contributed by atoms with Gasteiger partial charge in [0.2, 0.25) is 0 Å². The summed E-state index contributed by atoms with van der Waals surface area (Å²) in [6.07, 6.45) is 3.77. The Morgan fingerprint density at radius 3 is 2.60 bits per heavy atom. The van der Waals surface area contributed by atoms with E-state index in [1.165, 1.54) is 25.9 Å². The van der Waals surface area contributed by atoms with Crippen LogP contribution in [0.15, 0.2) is 24.3 Å². The summed E-state index contributed by atoms with van der Waals surface area (Å²) in [5, 5.41) is 0. The van der Waals surface area contributed by atoms with Crippen molar-refractivity contribution in [1.29, 1.82) is 0 Å². The first-order valence-electron chi connectivity index (χ1n) is 7.86. The molecule has 1 aliphatic rings. The van der Waals surface area contributed by atoms with Crippen LogP contribution in [0.25, 0.3) is 0 Å². The van der Waals surface area contributed by atoms with Gasteiger partial charge in [-0.1, -0.05) is 26.0 Å². The number of nitrogen functional groups attached to an aromatic ring is 1. The molecule has 1 fully saturated rings. The fourth-order valence-electron chi connectivity index (χ4n) is 2.93. The zero-order valence-corrected chi connectivity index (χ0v) is 12.8. The van der Waals surface area contributed by atoms with E-state index >= 15 is 0 Å². The van der Waals surface area contributed by atoms with Crippen LogP contribution < -0.4 is 10.5 Å². The molecule has 0 atom stereocenters. The lowest BCUT2D eigenvalue weighted by molar-refractivity contribution is 0.149. The topological polar surface area (TPSA) is 38.5 Å². The number of nitrogens with two attached hydrogens (primary N) is 1. The van der Waals surface area contributed by atoms with Crippen molar-refractivity contribution in [2.45, 2.75) is 33.1 Å². The van der Waals surface area contributed by atoms with Gasteiger partial charge in [0, 0.05) is 6.54 Å². The molecule has 2 N–H and O–H groups in total. The van der Waals surface area contributed by atoms with Crippen molar-refractivity contribution >= 4 is 5.69 Å². The largest absolute Gasteiger partial charge is 0.491 e. The first-order chi connectivity index (χ1) is 9.66. The third kappa shape index (κ3) is 4.41. The summed E-state index contributed by atoms with van der Waals surface area (Å²) in [5.74, 6) is 2.57. The number of likely N-dealkylation sites (tertiary alicyclic amines) is 1. The predicted molar refractivity (Wildman–Crippen MR) is 85.0 cm³/mol. The van der Waals surface area contributed by atoms with Crippen molar-refractivity contribution in [3.63, 3.8) is 0 Å². The number of nitrogens with zero attached hydrogens (tertiary/aromatic N) is 1. The maximum atomic E-state index is 5.85. The van der Waals surface area contributed by atoms with Gasteiger partial charge in [-0.15, -0.1) is 0 Å². The summed E-state index contributed by atoms with van der Waals surface area (Å²) in [4.78, 5) is 2.57. The van der Waals surface area contributed by atoms with E-state index < -0.39 is 0 Å². The Kier molecular flexibility index (Phi) is 5.72. The number of piperidine rings is 1. The molecular formula is C17H28N2O. The highest BCUT2D eigenvalue weighted by molar-refractivity contribution is 5.51. The van der Waals surface area contributed by atoms with Crippen molar-refractivity contribution in [2.24, 2.45) is 11.8 Å². The molecule has 0 unspecified atom stereocenters. The van der Waals surface area contributed by atoms with Gasteiger partial charge in [0.05, 0.1) is 12.3 Å². The molecule has 3 heteroatoms. The highest BCUT2D eigenvalue weighted by Crippen LogP contribution is 2.24. The van der Waals surface area contributed by atoms with Gasteiger partial charge >= 0.3 is 0 Å². The molecule has 0 amide bonds. The first-order valence-corrected chi connectivity index (χ1v) is 7.86. The molecule has 3 nitrogen and oxygen atoms in total. The number of hydrogen-bond donors (Lipinski definition) is 1. The van der Waals surface area contributed by atoms with Gasteiger partial charge in [0.15, 0.2) is 0 Å². The minimum absolute atomic E-state index is 0.727. The normalized spacial score (nSPS) is 17.6. The summed E-state index contributed by atoms with van der Waals surface area (Å²) in [5.41, 5.74) is 6.58. The van der Waals surface area contributed by atoms with Crippen molar-refractivity contribution in [1.82, 2.24) is 4.90 Å². The van der Waals surface area contributed by atoms with Gasteiger partial charge in [-0.25, -0.2) is 0 Å². The quantitative estimate of drug-likeness (QED) is 0.639. The summed E-state index contributed by atoms with van der Waals surface area (Å²) >= 11 is 0. The lowest BCUT2D eigenvalue weighted by atomic mass is 9.87. The van der Waals surface area contributed by atoms with Gasteiger partial charge in [-0.3, -0.25) is 0 Å². The number of benzene rings is 1. The lowest BCUT2D eigenvalue weighted by Gasteiger charge is -2.33. The van der Waals surface area contributed by atoms with Crippen LogP contribution in [0.4, 0.5) is 5.69 Å². The third-order valence-corrected chi connectivity index (χ3v) is 4.37. The monoisotopic (exact) mass is 276 g/mol. The standard InChI is InChI=1S/C17H28N2O/c1-14(2)15-8-11-19(12-9-15)10-5-13-20-17-7-4-3-6-16(17)18/h3-4,6-7,14-15H,5,8-13,18H2,1-2H3. The van der Waals surface area contributed by atoms with Crippen molar-refractivity contribution < 1.29 is 4.74 Å². The Balaban J connectivity index is 1.62. The molecule has 0 aliphatic carbocycles. The zero-order valence-electron chi connectivity index (χ0n) is 12.8. The van der Waals surface area contributed by atoms with Crippen molar-refractivity contribution in [3.05, 3.63) is 24.3 Å². The van der Waals surface area contributed by atoms with Crippen LogP contribution >= 0.6 is 0 Å². The number of rotatable bonds is 6. The van der Waals surface area contributed by atoms with Crippen LogP contribution in [0, 0.1) is 11.8 Å². The van der Waals surface area contributed by atoms with E-state index in [9.17, 15) is 0 Å². The van der Waals surface area contributed by atoms with Crippen LogP contribution in [0.1, 0.15) is 33.1 Å². The SMILES string of the molecule is CC(C)C1CCN(CCCOc2ccccc2N)CC1.